The van der Waals surface area contributed by atoms with Crippen molar-refractivity contribution >= 4 is 35.0 Å². The Morgan fingerprint density at radius 3 is 2.37 bits per heavy atom. The molecule has 3 aliphatic heterocycles. The zero-order valence-corrected chi connectivity index (χ0v) is 32.9. The van der Waals surface area contributed by atoms with Crippen LogP contribution in [0.25, 0.3) is 16.9 Å². The van der Waals surface area contributed by atoms with E-state index >= 15 is 4.39 Å². The van der Waals surface area contributed by atoms with Gasteiger partial charge in [0.1, 0.15) is 17.6 Å². The van der Waals surface area contributed by atoms with E-state index in [2.05, 4.69) is 25.9 Å². The van der Waals surface area contributed by atoms with Crippen LogP contribution in [0.3, 0.4) is 0 Å². The van der Waals surface area contributed by atoms with Crippen LogP contribution in [-0.2, 0) is 14.4 Å². The number of rotatable bonds is 10. The van der Waals surface area contributed by atoms with Gasteiger partial charge >= 0.3 is 0 Å². The molecule has 310 valence electrons. The minimum Gasteiger partial charge on any atom is -0.390 e. The van der Waals surface area contributed by atoms with Crippen LogP contribution in [0.4, 0.5) is 26.1 Å². The Labute approximate surface area is 341 Å². The zero-order chi connectivity index (χ0) is 41.1. The highest BCUT2D eigenvalue weighted by atomic mass is 19.1. The van der Waals surface area contributed by atoms with Crippen molar-refractivity contribution in [2.75, 3.05) is 41.7 Å². The lowest BCUT2D eigenvalue weighted by Crippen LogP contribution is -2.50. The Morgan fingerprint density at radius 2 is 1.64 bits per heavy atom. The van der Waals surface area contributed by atoms with Crippen molar-refractivity contribution in [3.63, 3.8) is 0 Å². The number of carbonyl (C=O) groups is 3. The summed E-state index contributed by atoms with van der Waals surface area (Å²) in [5.41, 5.74) is 1.22. The molecule has 0 bridgehead atoms. The first-order valence-corrected chi connectivity index (χ1v) is 20.7. The number of hydrogen-bond donors (Lipinski definition) is 4. The number of benzene rings is 2. The van der Waals surface area contributed by atoms with Crippen LogP contribution >= 0.6 is 0 Å². The number of nitrogens with zero attached hydrogens (tertiary/aromatic N) is 5. The molecule has 1 atom stereocenters. The molecule has 3 amide bonds. The number of nitrogens with one attached hydrogen (secondary N) is 3. The molecule has 4 fully saturated rings. The fourth-order valence-corrected chi connectivity index (χ4v) is 9.16. The number of carbonyl (C=O) groups excluding carboxylic acids is 3. The summed E-state index contributed by atoms with van der Waals surface area (Å²) in [6.45, 7) is 2.37. The van der Waals surface area contributed by atoms with Crippen LogP contribution in [0.2, 0.25) is 0 Å². The smallest absolute Gasteiger partial charge is 0.255 e. The van der Waals surface area contributed by atoms with Gasteiger partial charge < -0.3 is 25.5 Å². The number of amides is 3. The summed E-state index contributed by atoms with van der Waals surface area (Å²) in [5, 5.41) is 20.3. The van der Waals surface area contributed by atoms with Crippen molar-refractivity contribution in [2.45, 2.75) is 88.3 Å². The molecule has 3 saturated heterocycles. The van der Waals surface area contributed by atoms with Gasteiger partial charge in [0.05, 0.1) is 17.5 Å². The van der Waals surface area contributed by atoms with Gasteiger partial charge in [-0.2, -0.15) is 0 Å². The molecule has 15 heteroatoms. The Bertz CT molecular complexity index is 2250. The Morgan fingerprint density at radius 1 is 0.864 bits per heavy atom. The van der Waals surface area contributed by atoms with Crippen LogP contribution in [0.15, 0.2) is 77.9 Å². The SMILES string of the molecule is O=C1CCC(Nc2ccc(N3CCC(CC4(O)CCN(C(=O)C5CCC(Nc6ncc(F)c(-c7cccc(-n8ccccc8=O)c7)n6)CC5)CC4)CC3)c(F)c2)C(=O)N1. The van der Waals surface area contributed by atoms with Gasteiger partial charge in [0.15, 0.2) is 5.82 Å². The number of pyridine rings is 1. The standard InChI is InChI=1S/C44H50F2N8O5/c45-34-25-32(48-36-12-14-38(55)50-41(36)57)11-13-37(34)52-20-15-28(16-21-52)26-44(59)17-22-53(23-18-44)42(58)29-7-9-31(10-8-29)49-43-47-27-35(46)40(51-43)30-4-3-5-33(24-30)54-19-2-1-6-39(54)56/h1-6,11,13,19,24-25,27-29,31,36,48,59H,7-10,12,14-18,20-23,26H2,(H,47,49,51)(H,50,55,57). The quantitative estimate of drug-likeness (QED) is 0.152. The highest BCUT2D eigenvalue weighted by Gasteiger charge is 2.39. The largest absolute Gasteiger partial charge is 0.390 e. The molecular formula is C44H50F2N8O5. The summed E-state index contributed by atoms with van der Waals surface area (Å²) < 4.78 is 31.7. The van der Waals surface area contributed by atoms with Gasteiger partial charge in [0, 0.05) is 73.8 Å². The van der Waals surface area contributed by atoms with Crippen LogP contribution in [0.5, 0.6) is 0 Å². The van der Waals surface area contributed by atoms with E-state index in [9.17, 15) is 28.7 Å². The van der Waals surface area contributed by atoms with Gasteiger partial charge in [-0.3, -0.25) is 29.1 Å². The average Bonchev–Trinajstić information content (AvgIpc) is 3.23. The van der Waals surface area contributed by atoms with E-state index in [4.69, 9.17) is 0 Å². The van der Waals surface area contributed by atoms with Crippen molar-refractivity contribution in [1.82, 2.24) is 24.8 Å². The van der Waals surface area contributed by atoms with Gasteiger partial charge in [-0.1, -0.05) is 18.2 Å². The van der Waals surface area contributed by atoms with E-state index in [-0.39, 0.29) is 47.3 Å². The summed E-state index contributed by atoms with van der Waals surface area (Å²) in [5.74, 6) is -1.00. The predicted octanol–water partition coefficient (Wildman–Crippen LogP) is 5.42. The number of hydrogen-bond acceptors (Lipinski definition) is 10. The molecule has 0 radical (unpaired) electrons. The van der Waals surface area contributed by atoms with E-state index in [1.54, 1.807) is 54.7 Å². The molecule has 0 spiro atoms. The van der Waals surface area contributed by atoms with Crippen LogP contribution in [-0.4, -0.2) is 86.1 Å². The van der Waals surface area contributed by atoms with E-state index in [1.165, 1.54) is 16.7 Å². The third-order valence-electron chi connectivity index (χ3n) is 12.5. The molecule has 8 rings (SSSR count). The van der Waals surface area contributed by atoms with Crippen LogP contribution in [0.1, 0.15) is 70.6 Å². The first kappa shape index (κ1) is 40.1. The average molecular weight is 809 g/mol. The maximum absolute atomic E-state index is 15.2. The molecule has 2 aromatic carbocycles. The number of imide groups is 1. The third kappa shape index (κ3) is 9.30. The van der Waals surface area contributed by atoms with E-state index < -0.39 is 23.4 Å². The second-order valence-electron chi connectivity index (χ2n) is 16.5. The van der Waals surface area contributed by atoms with Gasteiger partial charge in [-0.05, 0) is 107 Å². The lowest BCUT2D eigenvalue weighted by Gasteiger charge is -2.43. The molecular weight excluding hydrogens is 759 g/mol. The fraction of sp³-hybridized carbons (Fsp3) is 0.455. The Kier molecular flexibility index (Phi) is 11.7. The van der Waals surface area contributed by atoms with Crippen molar-refractivity contribution in [3.8, 4) is 16.9 Å². The normalized spacial score (nSPS) is 22.5. The third-order valence-corrected chi connectivity index (χ3v) is 12.5. The molecule has 59 heavy (non-hydrogen) atoms. The van der Waals surface area contributed by atoms with Gasteiger partial charge in [0.25, 0.3) is 5.56 Å². The zero-order valence-electron chi connectivity index (χ0n) is 32.9. The van der Waals surface area contributed by atoms with Crippen molar-refractivity contribution in [1.29, 1.82) is 0 Å². The van der Waals surface area contributed by atoms with Gasteiger partial charge in [0.2, 0.25) is 23.7 Å². The molecule has 4 N–H and O–H groups in total. The molecule has 4 aromatic rings. The lowest BCUT2D eigenvalue weighted by molar-refractivity contribution is -0.141. The molecule has 1 aliphatic carbocycles. The summed E-state index contributed by atoms with van der Waals surface area (Å²) in [7, 11) is 0. The van der Waals surface area contributed by atoms with Crippen LogP contribution < -0.4 is 26.4 Å². The topological polar surface area (TPSA) is 162 Å². The number of halogens is 2. The van der Waals surface area contributed by atoms with Crippen molar-refractivity contribution < 1.29 is 28.3 Å². The van der Waals surface area contributed by atoms with Gasteiger partial charge in [-0.15, -0.1) is 0 Å². The first-order chi connectivity index (χ1) is 28.5. The monoisotopic (exact) mass is 808 g/mol. The minimum absolute atomic E-state index is 0.0299. The van der Waals surface area contributed by atoms with E-state index in [0.29, 0.717) is 99.2 Å². The van der Waals surface area contributed by atoms with Crippen LogP contribution in [0, 0.1) is 23.5 Å². The van der Waals surface area contributed by atoms with Crippen molar-refractivity contribution in [2.24, 2.45) is 11.8 Å². The number of anilines is 3. The highest BCUT2D eigenvalue weighted by molar-refractivity contribution is 6.01. The predicted molar refractivity (Wildman–Crippen MR) is 219 cm³/mol. The first-order valence-electron chi connectivity index (χ1n) is 20.7. The summed E-state index contributed by atoms with van der Waals surface area (Å²) in [4.78, 5) is 62.1. The summed E-state index contributed by atoms with van der Waals surface area (Å²) in [6.07, 6.45) is 9.67. The molecule has 2 aromatic heterocycles. The van der Waals surface area contributed by atoms with E-state index in [0.717, 1.165) is 31.9 Å². The second-order valence-corrected chi connectivity index (χ2v) is 16.5. The number of aliphatic hydroxyl groups is 1. The molecule has 4 aliphatic rings. The van der Waals surface area contributed by atoms with Crippen molar-refractivity contribution in [3.05, 3.63) is 95.0 Å². The highest BCUT2D eigenvalue weighted by Crippen LogP contribution is 2.37. The maximum atomic E-state index is 15.2. The number of likely N-dealkylation sites (tertiary alicyclic amines) is 1. The lowest BCUT2D eigenvalue weighted by atomic mass is 9.78. The summed E-state index contributed by atoms with van der Waals surface area (Å²) >= 11 is 0. The Hall–Kier alpha value is -5.70. The number of aromatic nitrogens is 3. The Balaban J connectivity index is 0.776. The molecule has 5 heterocycles. The summed E-state index contributed by atoms with van der Waals surface area (Å²) in [6, 6.07) is 16.2. The molecule has 13 nitrogen and oxygen atoms in total. The maximum Gasteiger partial charge on any atom is 0.255 e. The van der Waals surface area contributed by atoms with E-state index in [1.807, 2.05) is 9.80 Å². The second kappa shape index (κ2) is 17.3. The number of piperidine rings is 3. The molecule has 1 unspecified atom stereocenters. The molecule has 1 saturated carbocycles. The van der Waals surface area contributed by atoms with Gasteiger partial charge in [-0.25, -0.2) is 18.7 Å². The fourth-order valence-electron chi connectivity index (χ4n) is 9.16. The minimum atomic E-state index is -0.839.